The molecule has 0 N–H and O–H groups in total. The highest BCUT2D eigenvalue weighted by molar-refractivity contribution is 5.11. The number of nitrogens with zero attached hydrogens (tertiary/aromatic N) is 2. The fourth-order valence-corrected chi connectivity index (χ4v) is 2.34. The number of rotatable bonds is 2. The van der Waals surface area contributed by atoms with Crippen molar-refractivity contribution in [2.45, 2.75) is 38.6 Å². The number of pyridine rings is 1. The van der Waals surface area contributed by atoms with Gasteiger partial charge in [0, 0.05) is 17.7 Å². The second-order valence-electron chi connectivity index (χ2n) is 4.81. The molecule has 1 fully saturated rings. The molecule has 1 aliphatic rings. The van der Waals surface area contributed by atoms with Crippen LogP contribution < -0.4 is 0 Å². The number of hydrogen-bond acceptors (Lipinski definition) is 2. The van der Waals surface area contributed by atoms with Crippen LogP contribution in [0.2, 0.25) is 0 Å². The van der Waals surface area contributed by atoms with Crippen molar-refractivity contribution in [2.24, 2.45) is 0 Å². The smallest absolute Gasteiger partial charge is 0.141 e. The SMILES string of the molecule is CC(C)N1CCC(c2ccc(F)cn2)CC1. The number of likely N-dealkylation sites (tertiary alicyclic amines) is 1. The molecule has 1 aliphatic heterocycles. The maximum absolute atomic E-state index is 12.8. The van der Waals surface area contributed by atoms with E-state index in [0.717, 1.165) is 31.6 Å². The molecule has 88 valence electrons. The van der Waals surface area contributed by atoms with Gasteiger partial charge in [-0.15, -0.1) is 0 Å². The van der Waals surface area contributed by atoms with Crippen molar-refractivity contribution in [1.29, 1.82) is 0 Å². The van der Waals surface area contributed by atoms with E-state index in [4.69, 9.17) is 0 Å². The van der Waals surface area contributed by atoms with Crippen LogP contribution in [0.25, 0.3) is 0 Å². The maximum Gasteiger partial charge on any atom is 0.141 e. The Balaban J connectivity index is 1.96. The van der Waals surface area contributed by atoms with E-state index in [1.165, 1.54) is 12.3 Å². The highest BCUT2D eigenvalue weighted by atomic mass is 19.1. The first-order chi connectivity index (χ1) is 7.66. The first-order valence-electron chi connectivity index (χ1n) is 6.02. The van der Waals surface area contributed by atoms with Gasteiger partial charge in [-0.3, -0.25) is 4.98 Å². The third-order valence-electron chi connectivity index (χ3n) is 3.43. The van der Waals surface area contributed by atoms with Gasteiger partial charge in [-0.25, -0.2) is 4.39 Å². The van der Waals surface area contributed by atoms with E-state index < -0.39 is 0 Å². The van der Waals surface area contributed by atoms with E-state index in [0.29, 0.717) is 12.0 Å². The minimum Gasteiger partial charge on any atom is -0.301 e. The van der Waals surface area contributed by atoms with E-state index in [2.05, 4.69) is 23.7 Å². The van der Waals surface area contributed by atoms with Gasteiger partial charge in [0.1, 0.15) is 5.82 Å². The summed E-state index contributed by atoms with van der Waals surface area (Å²) >= 11 is 0. The van der Waals surface area contributed by atoms with E-state index in [1.807, 2.05) is 6.07 Å². The molecule has 2 rings (SSSR count). The fraction of sp³-hybridized carbons (Fsp3) is 0.615. The highest BCUT2D eigenvalue weighted by Gasteiger charge is 2.22. The van der Waals surface area contributed by atoms with E-state index in [9.17, 15) is 4.39 Å². The number of halogens is 1. The van der Waals surface area contributed by atoms with Gasteiger partial charge >= 0.3 is 0 Å². The van der Waals surface area contributed by atoms with Crippen molar-refractivity contribution >= 4 is 0 Å². The van der Waals surface area contributed by atoms with Gasteiger partial charge in [0.05, 0.1) is 6.20 Å². The molecule has 1 saturated heterocycles. The van der Waals surface area contributed by atoms with E-state index >= 15 is 0 Å². The van der Waals surface area contributed by atoms with Gasteiger partial charge in [-0.1, -0.05) is 0 Å². The molecule has 2 heterocycles. The maximum atomic E-state index is 12.8. The van der Waals surface area contributed by atoms with Crippen LogP contribution in [-0.2, 0) is 0 Å². The van der Waals surface area contributed by atoms with Crippen molar-refractivity contribution in [3.8, 4) is 0 Å². The minimum absolute atomic E-state index is 0.247. The van der Waals surface area contributed by atoms with Gasteiger partial charge in [0.15, 0.2) is 0 Å². The molecule has 0 radical (unpaired) electrons. The first kappa shape index (κ1) is 11.5. The second-order valence-corrected chi connectivity index (χ2v) is 4.81. The summed E-state index contributed by atoms with van der Waals surface area (Å²) in [5.41, 5.74) is 1.05. The van der Waals surface area contributed by atoms with E-state index in [-0.39, 0.29) is 5.82 Å². The molecule has 0 bridgehead atoms. The van der Waals surface area contributed by atoms with Gasteiger partial charge in [-0.05, 0) is 51.9 Å². The van der Waals surface area contributed by atoms with Gasteiger partial charge < -0.3 is 4.90 Å². The Hall–Kier alpha value is -0.960. The highest BCUT2D eigenvalue weighted by Crippen LogP contribution is 2.27. The van der Waals surface area contributed by atoms with Crippen LogP contribution in [0.15, 0.2) is 18.3 Å². The Morgan fingerprint density at radius 3 is 2.50 bits per heavy atom. The topological polar surface area (TPSA) is 16.1 Å². The Morgan fingerprint density at radius 1 is 1.31 bits per heavy atom. The molecule has 1 aromatic rings. The number of aromatic nitrogens is 1. The average Bonchev–Trinajstić information content (AvgIpc) is 2.30. The van der Waals surface area contributed by atoms with Crippen molar-refractivity contribution in [1.82, 2.24) is 9.88 Å². The molecular weight excluding hydrogens is 203 g/mol. The minimum atomic E-state index is -0.247. The predicted octanol–water partition coefficient (Wildman–Crippen LogP) is 2.81. The molecule has 0 aliphatic carbocycles. The second kappa shape index (κ2) is 4.91. The monoisotopic (exact) mass is 222 g/mol. The third-order valence-corrected chi connectivity index (χ3v) is 3.43. The van der Waals surface area contributed by atoms with Crippen LogP contribution >= 0.6 is 0 Å². The number of piperidine rings is 1. The average molecular weight is 222 g/mol. The lowest BCUT2D eigenvalue weighted by Crippen LogP contribution is -2.37. The zero-order valence-corrected chi connectivity index (χ0v) is 9.99. The summed E-state index contributed by atoms with van der Waals surface area (Å²) in [5.74, 6) is 0.263. The molecule has 0 aromatic carbocycles. The summed E-state index contributed by atoms with van der Waals surface area (Å²) < 4.78 is 12.8. The molecule has 0 unspecified atom stereocenters. The largest absolute Gasteiger partial charge is 0.301 e. The first-order valence-corrected chi connectivity index (χ1v) is 6.02. The van der Waals surface area contributed by atoms with Crippen molar-refractivity contribution < 1.29 is 4.39 Å². The fourth-order valence-electron chi connectivity index (χ4n) is 2.34. The quantitative estimate of drug-likeness (QED) is 0.765. The van der Waals surface area contributed by atoms with E-state index in [1.54, 1.807) is 0 Å². The summed E-state index contributed by atoms with van der Waals surface area (Å²) in [6.07, 6.45) is 3.60. The van der Waals surface area contributed by atoms with Gasteiger partial charge in [0.25, 0.3) is 0 Å². The molecule has 0 spiro atoms. The Kier molecular flexibility index (Phi) is 3.54. The summed E-state index contributed by atoms with van der Waals surface area (Å²) in [4.78, 5) is 6.66. The van der Waals surface area contributed by atoms with Crippen LogP contribution in [0, 0.1) is 5.82 Å². The van der Waals surface area contributed by atoms with Crippen LogP contribution in [0.1, 0.15) is 38.3 Å². The molecule has 0 atom stereocenters. The Bertz CT molecular complexity index is 326. The molecule has 2 nitrogen and oxygen atoms in total. The summed E-state index contributed by atoms with van der Waals surface area (Å²) in [7, 11) is 0. The molecule has 1 aromatic heterocycles. The standard InChI is InChI=1S/C13H19FN2/c1-10(2)16-7-5-11(6-8-16)13-4-3-12(14)9-15-13/h3-4,9-11H,5-8H2,1-2H3. The van der Waals surface area contributed by atoms with Crippen LogP contribution in [0.4, 0.5) is 4.39 Å². The van der Waals surface area contributed by atoms with Gasteiger partial charge in [-0.2, -0.15) is 0 Å². The van der Waals surface area contributed by atoms with Crippen LogP contribution in [0.5, 0.6) is 0 Å². The Morgan fingerprint density at radius 2 is 2.00 bits per heavy atom. The summed E-state index contributed by atoms with van der Waals surface area (Å²) in [6.45, 7) is 6.72. The summed E-state index contributed by atoms with van der Waals surface area (Å²) in [5, 5.41) is 0. The van der Waals surface area contributed by atoms with Crippen LogP contribution in [-0.4, -0.2) is 29.0 Å². The molecular formula is C13H19FN2. The predicted molar refractivity (Wildman–Crippen MR) is 62.9 cm³/mol. The normalized spacial score (nSPS) is 19.2. The molecule has 0 amide bonds. The van der Waals surface area contributed by atoms with Crippen molar-refractivity contribution in [2.75, 3.05) is 13.1 Å². The lowest BCUT2D eigenvalue weighted by Gasteiger charge is -2.34. The molecule has 16 heavy (non-hydrogen) atoms. The molecule has 0 saturated carbocycles. The third kappa shape index (κ3) is 2.59. The lowest BCUT2D eigenvalue weighted by molar-refractivity contribution is 0.171. The zero-order valence-electron chi connectivity index (χ0n) is 9.99. The molecule has 3 heteroatoms. The van der Waals surface area contributed by atoms with Gasteiger partial charge in [0.2, 0.25) is 0 Å². The van der Waals surface area contributed by atoms with Crippen molar-refractivity contribution in [3.63, 3.8) is 0 Å². The lowest BCUT2D eigenvalue weighted by atomic mass is 9.92. The zero-order chi connectivity index (χ0) is 11.5. The Labute approximate surface area is 96.5 Å². The van der Waals surface area contributed by atoms with Crippen LogP contribution in [0.3, 0.4) is 0 Å². The summed E-state index contributed by atoms with van der Waals surface area (Å²) in [6, 6.07) is 3.96. The van der Waals surface area contributed by atoms with Crippen molar-refractivity contribution in [3.05, 3.63) is 29.8 Å². The number of hydrogen-bond donors (Lipinski definition) is 0.